The van der Waals surface area contributed by atoms with Gasteiger partial charge in [-0.15, -0.1) is 0 Å². The Balaban J connectivity index is 1.33. The Labute approximate surface area is 264 Å². The van der Waals surface area contributed by atoms with Crippen LogP contribution in [0.15, 0.2) is 97.6 Å². The van der Waals surface area contributed by atoms with Gasteiger partial charge in [0, 0.05) is 6.08 Å². The van der Waals surface area contributed by atoms with E-state index in [1.165, 1.54) is 0 Å². The molecule has 0 saturated carbocycles. The molecule has 3 aromatic carbocycles. The highest BCUT2D eigenvalue weighted by Gasteiger charge is 2.10. The molecule has 0 amide bonds. The fraction of sp³-hybridized carbons (Fsp3) is 0.306. The maximum absolute atomic E-state index is 12.6. The maximum Gasteiger partial charge on any atom is 0.343 e. The van der Waals surface area contributed by atoms with Crippen LogP contribution in [-0.4, -0.2) is 56.0 Å². The van der Waals surface area contributed by atoms with Crippen molar-refractivity contribution in [3.63, 3.8) is 0 Å². The Morgan fingerprint density at radius 3 is 1.64 bits per heavy atom. The van der Waals surface area contributed by atoms with E-state index in [0.717, 1.165) is 55.1 Å². The summed E-state index contributed by atoms with van der Waals surface area (Å²) < 4.78 is 27.0. The largest absolute Gasteiger partial charge is 0.494 e. The minimum Gasteiger partial charge on any atom is -0.494 e. The first kappa shape index (κ1) is 34.6. The van der Waals surface area contributed by atoms with Crippen LogP contribution in [0.2, 0.25) is 0 Å². The molecule has 45 heavy (non-hydrogen) atoms. The lowest BCUT2D eigenvalue weighted by molar-refractivity contribution is -0.140. The first-order chi connectivity index (χ1) is 21.9. The third kappa shape index (κ3) is 12.7. The SMILES string of the molecule is C=CC(=O)OCCCCOc1ccc(-c2ccc(OC(=O)c3ccc(OCCCCCCOC(=O)C(=C)CO)cc3)cc2)cc1. The summed E-state index contributed by atoms with van der Waals surface area (Å²) in [5, 5.41) is 8.84. The zero-order valence-electron chi connectivity index (χ0n) is 25.4. The molecule has 238 valence electrons. The van der Waals surface area contributed by atoms with Gasteiger partial charge in [-0.1, -0.05) is 37.4 Å². The van der Waals surface area contributed by atoms with Crippen LogP contribution < -0.4 is 14.2 Å². The summed E-state index contributed by atoms with van der Waals surface area (Å²) in [5.41, 5.74) is 2.44. The van der Waals surface area contributed by atoms with Gasteiger partial charge in [-0.2, -0.15) is 0 Å². The van der Waals surface area contributed by atoms with E-state index in [1.54, 1.807) is 36.4 Å². The molecule has 0 aliphatic rings. The number of benzene rings is 3. The number of carbonyl (C=O) groups is 3. The quantitative estimate of drug-likeness (QED) is 0.0658. The molecule has 0 fully saturated rings. The normalized spacial score (nSPS) is 10.4. The third-order valence-corrected chi connectivity index (χ3v) is 6.58. The van der Waals surface area contributed by atoms with Crippen LogP contribution in [0.4, 0.5) is 0 Å². The zero-order valence-corrected chi connectivity index (χ0v) is 25.4. The predicted molar refractivity (Wildman–Crippen MR) is 170 cm³/mol. The van der Waals surface area contributed by atoms with Crippen LogP contribution in [0, 0.1) is 0 Å². The van der Waals surface area contributed by atoms with E-state index in [-0.39, 0.29) is 5.57 Å². The van der Waals surface area contributed by atoms with Crippen molar-refractivity contribution in [2.45, 2.75) is 38.5 Å². The van der Waals surface area contributed by atoms with E-state index in [1.807, 2.05) is 36.4 Å². The molecule has 0 radical (unpaired) electrons. The van der Waals surface area contributed by atoms with Gasteiger partial charge < -0.3 is 28.8 Å². The highest BCUT2D eigenvalue weighted by molar-refractivity contribution is 5.91. The molecule has 0 aromatic heterocycles. The number of hydrogen-bond donors (Lipinski definition) is 1. The van der Waals surface area contributed by atoms with Gasteiger partial charge in [-0.25, -0.2) is 14.4 Å². The average Bonchev–Trinajstić information content (AvgIpc) is 3.07. The van der Waals surface area contributed by atoms with Crippen molar-refractivity contribution < 1.29 is 43.2 Å². The van der Waals surface area contributed by atoms with E-state index < -0.39 is 24.5 Å². The Kier molecular flexibility index (Phi) is 14.9. The fourth-order valence-electron chi connectivity index (χ4n) is 4.02. The molecule has 9 heteroatoms. The van der Waals surface area contributed by atoms with E-state index in [2.05, 4.69) is 13.2 Å². The van der Waals surface area contributed by atoms with E-state index in [4.69, 9.17) is 28.8 Å². The lowest BCUT2D eigenvalue weighted by Crippen LogP contribution is -2.10. The number of unbranched alkanes of at least 4 members (excludes halogenated alkanes) is 4. The molecule has 0 atom stereocenters. The second-order valence-electron chi connectivity index (χ2n) is 10.1. The van der Waals surface area contributed by atoms with Crippen molar-refractivity contribution in [2.24, 2.45) is 0 Å². The number of ether oxygens (including phenoxy) is 5. The topological polar surface area (TPSA) is 118 Å². The Bertz CT molecular complexity index is 1380. The number of carbonyl (C=O) groups excluding carboxylic acids is 3. The molecule has 0 spiro atoms. The highest BCUT2D eigenvalue weighted by atomic mass is 16.5. The summed E-state index contributed by atoms with van der Waals surface area (Å²) in [5.74, 6) is 0.415. The summed E-state index contributed by atoms with van der Waals surface area (Å²) in [6.07, 6.45) is 6.00. The van der Waals surface area contributed by atoms with Crippen LogP contribution in [0.1, 0.15) is 48.9 Å². The number of esters is 3. The van der Waals surface area contributed by atoms with E-state index in [9.17, 15) is 14.4 Å². The highest BCUT2D eigenvalue weighted by Crippen LogP contribution is 2.25. The van der Waals surface area contributed by atoms with Gasteiger partial charge in [-0.05, 0) is 98.2 Å². The Morgan fingerprint density at radius 2 is 1.09 bits per heavy atom. The van der Waals surface area contributed by atoms with Crippen molar-refractivity contribution in [1.82, 2.24) is 0 Å². The molecule has 0 bridgehead atoms. The molecular weight excluding hydrogens is 576 g/mol. The van der Waals surface area contributed by atoms with Gasteiger partial charge >= 0.3 is 17.9 Å². The first-order valence-electron chi connectivity index (χ1n) is 14.9. The molecule has 0 aliphatic heterocycles. The summed E-state index contributed by atoms with van der Waals surface area (Å²) in [6, 6.07) is 21.8. The lowest BCUT2D eigenvalue weighted by Gasteiger charge is -2.09. The van der Waals surface area contributed by atoms with Crippen LogP contribution in [-0.2, 0) is 19.1 Å². The molecular formula is C36H40O9. The molecule has 3 aromatic rings. The summed E-state index contributed by atoms with van der Waals surface area (Å²) >= 11 is 0. The molecule has 1 N–H and O–H groups in total. The predicted octanol–water partition coefficient (Wildman–Crippen LogP) is 6.49. The van der Waals surface area contributed by atoms with Crippen molar-refractivity contribution >= 4 is 17.9 Å². The average molecular weight is 617 g/mol. The fourth-order valence-corrected chi connectivity index (χ4v) is 4.02. The summed E-state index contributed by atoms with van der Waals surface area (Å²) in [6.45, 7) is 8.08. The molecule has 0 aliphatic carbocycles. The smallest absolute Gasteiger partial charge is 0.343 e. The van der Waals surface area contributed by atoms with Crippen LogP contribution in [0.5, 0.6) is 17.2 Å². The second kappa shape index (κ2) is 19.4. The number of aliphatic hydroxyl groups is 1. The number of rotatable bonds is 20. The zero-order chi connectivity index (χ0) is 32.3. The molecule has 0 unspecified atom stereocenters. The van der Waals surface area contributed by atoms with E-state index >= 15 is 0 Å². The number of aliphatic hydroxyl groups excluding tert-OH is 1. The molecule has 0 heterocycles. The molecule has 9 nitrogen and oxygen atoms in total. The minimum atomic E-state index is -0.563. The summed E-state index contributed by atoms with van der Waals surface area (Å²) in [4.78, 5) is 35.1. The standard InChI is InChI=1S/C36H40O9/c1-3-34(38)43-24-9-8-23-42-31-16-10-28(11-17-31)29-12-20-33(21-13-29)45-36(40)30-14-18-32(19-15-30)41-22-6-4-5-7-25-44-35(39)27(2)26-37/h3,10-21,37H,1-2,4-9,22-26H2. The van der Waals surface area contributed by atoms with Crippen LogP contribution in [0.3, 0.4) is 0 Å². The molecule has 3 rings (SSSR count). The summed E-state index contributed by atoms with van der Waals surface area (Å²) in [7, 11) is 0. The Morgan fingerprint density at radius 1 is 0.622 bits per heavy atom. The van der Waals surface area contributed by atoms with Gasteiger partial charge in [0.25, 0.3) is 0 Å². The van der Waals surface area contributed by atoms with Gasteiger partial charge in [-0.3, -0.25) is 0 Å². The van der Waals surface area contributed by atoms with E-state index in [0.29, 0.717) is 49.9 Å². The maximum atomic E-state index is 12.6. The lowest BCUT2D eigenvalue weighted by atomic mass is 10.1. The van der Waals surface area contributed by atoms with Crippen LogP contribution >= 0.6 is 0 Å². The van der Waals surface area contributed by atoms with Gasteiger partial charge in [0.2, 0.25) is 0 Å². The van der Waals surface area contributed by atoms with Gasteiger partial charge in [0.05, 0.1) is 44.2 Å². The monoisotopic (exact) mass is 616 g/mol. The Hall–Kier alpha value is -4.89. The van der Waals surface area contributed by atoms with Crippen molar-refractivity contribution in [3.8, 4) is 28.4 Å². The second-order valence-corrected chi connectivity index (χ2v) is 10.1. The molecule has 0 saturated heterocycles. The van der Waals surface area contributed by atoms with Crippen LogP contribution in [0.25, 0.3) is 11.1 Å². The van der Waals surface area contributed by atoms with Gasteiger partial charge in [0.15, 0.2) is 0 Å². The minimum absolute atomic E-state index is 0.0547. The van der Waals surface area contributed by atoms with Crippen molar-refractivity contribution in [2.75, 3.05) is 33.0 Å². The van der Waals surface area contributed by atoms with Gasteiger partial charge in [0.1, 0.15) is 17.2 Å². The number of hydrogen-bond acceptors (Lipinski definition) is 9. The third-order valence-electron chi connectivity index (χ3n) is 6.58. The van der Waals surface area contributed by atoms with Crippen molar-refractivity contribution in [3.05, 3.63) is 103 Å². The van der Waals surface area contributed by atoms with Crippen molar-refractivity contribution in [1.29, 1.82) is 0 Å². The first-order valence-corrected chi connectivity index (χ1v) is 14.9.